The van der Waals surface area contributed by atoms with Gasteiger partial charge in [0.1, 0.15) is 17.8 Å². The number of ether oxygens (including phenoxy) is 1. The van der Waals surface area contributed by atoms with Crippen molar-refractivity contribution in [1.82, 2.24) is 0 Å². The van der Waals surface area contributed by atoms with Gasteiger partial charge in [-0.1, -0.05) is 23.7 Å². The summed E-state index contributed by atoms with van der Waals surface area (Å²) in [4.78, 5) is 11.0. The Labute approximate surface area is 86.3 Å². The number of hydrogen-bond donors (Lipinski definition) is 1. The van der Waals surface area contributed by atoms with Gasteiger partial charge in [-0.15, -0.1) is 0 Å². The lowest BCUT2D eigenvalue weighted by atomic mass is 9.97. The third-order valence-corrected chi connectivity index (χ3v) is 2.67. The van der Waals surface area contributed by atoms with Crippen LogP contribution in [0, 0.1) is 0 Å². The minimum atomic E-state index is -0.876. The number of hydrogen-bond acceptors (Lipinski definition) is 2. The molecule has 1 aromatic carbocycles. The molecule has 1 heterocycles. The number of para-hydroxylation sites is 1. The number of rotatable bonds is 1. The normalized spacial score (nSPS) is 24.1. The van der Waals surface area contributed by atoms with E-state index >= 15 is 0 Å². The van der Waals surface area contributed by atoms with Crippen molar-refractivity contribution in [3.63, 3.8) is 0 Å². The van der Waals surface area contributed by atoms with E-state index in [1.807, 2.05) is 0 Å². The highest BCUT2D eigenvalue weighted by Crippen LogP contribution is 2.42. The zero-order valence-corrected chi connectivity index (χ0v) is 8.28. The van der Waals surface area contributed by atoms with Crippen molar-refractivity contribution in [3.05, 3.63) is 28.8 Å². The van der Waals surface area contributed by atoms with Crippen molar-refractivity contribution in [2.24, 2.45) is 0 Å². The summed E-state index contributed by atoms with van der Waals surface area (Å²) >= 11 is 5.89. The molecule has 4 heteroatoms. The van der Waals surface area contributed by atoms with Gasteiger partial charge in [-0.3, -0.25) is 4.79 Å². The maximum absolute atomic E-state index is 11.0. The lowest BCUT2D eigenvalue weighted by Crippen LogP contribution is -2.21. The van der Waals surface area contributed by atoms with E-state index in [2.05, 4.69) is 0 Å². The average molecular weight is 213 g/mol. The monoisotopic (exact) mass is 212 g/mol. The smallest absolute Gasteiger partial charge is 0.314 e. The van der Waals surface area contributed by atoms with Gasteiger partial charge in [0.05, 0.1) is 5.02 Å². The summed E-state index contributed by atoms with van der Waals surface area (Å²) in [6.07, 6.45) is -0.359. The second-order valence-electron chi connectivity index (χ2n) is 3.30. The summed E-state index contributed by atoms with van der Waals surface area (Å²) in [5.74, 6) is -0.976. The Morgan fingerprint density at radius 3 is 2.93 bits per heavy atom. The molecule has 3 nitrogen and oxygen atoms in total. The topological polar surface area (TPSA) is 46.5 Å². The fourth-order valence-corrected chi connectivity index (χ4v) is 1.96. The van der Waals surface area contributed by atoms with Crippen molar-refractivity contribution in [1.29, 1.82) is 0 Å². The quantitative estimate of drug-likeness (QED) is 0.777. The van der Waals surface area contributed by atoms with Crippen LogP contribution in [0.15, 0.2) is 18.2 Å². The first-order valence-electron chi connectivity index (χ1n) is 4.29. The zero-order chi connectivity index (χ0) is 10.3. The summed E-state index contributed by atoms with van der Waals surface area (Å²) in [7, 11) is 0. The second-order valence-corrected chi connectivity index (χ2v) is 3.70. The van der Waals surface area contributed by atoms with Crippen molar-refractivity contribution >= 4 is 17.6 Å². The first-order chi connectivity index (χ1) is 6.61. The predicted octanol–water partition coefficient (Wildman–Crippen LogP) is 2.29. The maximum atomic E-state index is 11.0. The zero-order valence-electron chi connectivity index (χ0n) is 7.53. The summed E-state index contributed by atoms with van der Waals surface area (Å²) in [5, 5.41) is 9.47. The molecule has 2 atom stereocenters. The highest BCUT2D eigenvalue weighted by Gasteiger charge is 2.37. The Kier molecular flexibility index (Phi) is 2.11. The molecule has 0 fully saturated rings. The van der Waals surface area contributed by atoms with Crippen LogP contribution >= 0.6 is 11.6 Å². The third-order valence-electron chi connectivity index (χ3n) is 2.37. The van der Waals surface area contributed by atoms with E-state index in [0.29, 0.717) is 16.3 Å². The van der Waals surface area contributed by atoms with Gasteiger partial charge in [0, 0.05) is 5.56 Å². The van der Waals surface area contributed by atoms with Gasteiger partial charge in [-0.05, 0) is 13.0 Å². The number of carboxylic acid groups (broad SMARTS) is 1. The molecule has 0 aromatic heterocycles. The third kappa shape index (κ3) is 1.24. The van der Waals surface area contributed by atoms with Gasteiger partial charge in [0.2, 0.25) is 0 Å². The molecular formula is C10H9ClO3. The summed E-state index contributed by atoms with van der Waals surface area (Å²) in [6, 6.07) is 5.17. The molecule has 1 aromatic rings. The molecule has 0 aliphatic carbocycles. The van der Waals surface area contributed by atoms with Gasteiger partial charge >= 0.3 is 5.97 Å². The Balaban J connectivity index is 2.53. The average Bonchev–Trinajstić information content (AvgIpc) is 2.42. The Morgan fingerprint density at radius 2 is 2.29 bits per heavy atom. The van der Waals surface area contributed by atoms with Crippen molar-refractivity contribution in [2.75, 3.05) is 0 Å². The standard InChI is InChI=1S/C10H9ClO3/c1-5-8(10(12)13)6-3-2-4-7(11)9(6)14-5/h2-5,8H,1H3,(H,12,13). The molecule has 2 unspecified atom stereocenters. The molecule has 0 bridgehead atoms. The predicted molar refractivity (Wildman–Crippen MR) is 51.9 cm³/mol. The number of carboxylic acids is 1. The molecule has 1 aliphatic rings. The van der Waals surface area contributed by atoms with Gasteiger partial charge < -0.3 is 9.84 Å². The molecule has 0 spiro atoms. The van der Waals surface area contributed by atoms with Crippen LogP contribution in [0.3, 0.4) is 0 Å². The van der Waals surface area contributed by atoms with E-state index in [0.717, 1.165) is 0 Å². The molecule has 2 rings (SSSR count). The molecule has 1 N–H and O–H groups in total. The fourth-order valence-electron chi connectivity index (χ4n) is 1.74. The van der Waals surface area contributed by atoms with Crippen molar-refractivity contribution in [3.8, 4) is 5.75 Å². The van der Waals surface area contributed by atoms with Crippen LogP contribution < -0.4 is 4.74 Å². The first-order valence-corrected chi connectivity index (χ1v) is 4.67. The summed E-state index contributed by atoms with van der Waals surface area (Å²) < 4.78 is 5.40. The summed E-state index contributed by atoms with van der Waals surface area (Å²) in [5.41, 5.74) is 0.664. The van der Waals surface area contributed by atoms with Crippen LogP contribution in [0.25, 0.3) is 0 Å². The molecule has 0 saturated carbocycles. The first kappa shape index (κ1) is 9.34. The minimum Gasteiger partial charge on any atom is -0.488 e. The van der Waals surface area contributed by atoms with Gasteiger partial charge in [-0.2, -0.15) is 0 Å². The van der Waals surface area contributed by atoms with Crippen LogP contribution in [0.2, 0.25) is 5.02 Å². The Hall–Kier alpha value is -1.22. The number of fused-ring (bicyclic) bond motifs is 1. The number of benzene rings is 1. The Morgan fingerprint density at radius 1 is 1.57 bits per heavy atom. The second kappa shape index (κ2) is 3.17. The van der Waals surface area contributed by atoms with Crippen molar-refractivity contribution < 1.29 is 14.6 Å². The lowest BCUT2D eigenvalue weighted by molar-refractivity contribution is -0.140. The largest absolute Gasteiger partial charge is 0.488 e. The lowest BCUT2D eigenvalue weighted by Gasteiger charge is -2.08. The van der Waals surface area contributed by atoms with Crippen LogP contribution in [-0.4, -0.2) is 17.2 Å². The maximum Gasteiger partial charge on any atom is 0.314 e. The molecule has 0 saturated heterocycles. The van der Waals surface area contributed by atoms with Gasteiger partial charge in [0.15, 0.2) is 0 Å². The molecule has 14 heavy (non-hydrogen) atoms. The van der Waals surface area contributed by atoms with Crippen LogP contribution in [0.4, 0.5) is 0 Å². The molecule has 74 valence electrons. The highest BCUT2D eigenvalue weighted by atomic mass is 35.5. The number of halogens is 1. The molecular weight excluding hydrogens is 204 g/mol. The molecule has 1 aliphatic heterocycles. The molecule has 0 radical (unpaired) electrons. The van der Waals surface area contributed by atoms with E-state index in [9.17, 15) is 4.79 Å². The van der Waals surface area contributed by atoms with Gasteiger partial charge in [0.25, 0.3) is 0 Å². The highest BCUT2D eigenvalue weighted by molar-refractivity contribution is 6.32. The van der Waals surface area contributed by atoms with Crippen LogP contribution in [0.5, 0.6) is 5.75 Å². The van der Waals surface area contributed by atoms with Crippen LogP contribution in [0.1, 0.15) is 18.4 Å². The number of carbonyl (C=O) groups is 1. The Bertz CT molecular complexity index is 389. The number of aliphatic carboxylic acids is 1. The van der Waals surface area contributed by atoms with Crippen LogP contribution in [-0.2, 0) is 4.79 Å². The van der Waals surface area contributed by atoms with E-state index in [4.69, 9.17) is 21.4 Å². The summed E-state index contributed by atoms with van der Waals surface area (Å²) in [6.45, 7) is 1.73. The van der Waals surface area contributed by atoms with E-state index in [-0.39, 0.29) is 6.10 Å². The van der Waals surface area contributed by atoms with E-state index < -0.39 is 11.9 Å². The van der Waals surface area contributed by atoms with E-state index in [1.165, 1.54) is 0 Å². The molecule has 0 amide bonds. The minimum absolute atomic E-state index is 0.359. The SMILES string of the molecule is CC1Oc2c(Cl)cccc2C1C(=O)O. The van der Waals surface area contributed by atoms with E-state index in [1.54, 1.807) is 25.1 Å². The fraction of sp³-hybridized carbons (Fsp3) is 0.300. The van der Waals surface area contributed by atoms with Crippen molar-refractivity contribution in [2.45, 2.75) is 18.9 Å². The van der Waals surface area contributed by atoms with Gasteiger partial charge in [-0.25, -0.2) is 0 Å².